The zero-order chi connectivity index (χ0) is 18.7. The Morgan fingerprint density at radius 3 is 2.65 bits per heavy atom. The third-order valence-electron chi connectivity index (χ3n) is 4.35. The number of amides is 1. The van der Waals surface area contributed by atoms with Crippen molar-refractivity contribution in [1.29, 1.82) is 0 Å². The van der Waals surface area contributed by atoms with Gasteiger partial charge in [-0.1, -0.05) is 25.1 Å². The second kappa shape index (κ2) is 7.55. The molecule has 3 rings (SSSR count). The summed E-state index contributed by atoms with van der Waals surface area (Å²) in [6.45, 7) is 5.31. The van der Waals surface area contributed by atoms with Crippen LogP contribution in [0.4, 0.5) is 0 Å². The van der Waals surface area contributed by atoms with Gasteiger partial charge in [-0.2, -0.15) is 9.29 Å². The Balaban J connectivity index is 1.84. The largest absolute Gasteiger partial charge is 0.339 e. The molecule has 140 valence electrons. The lowest BCUT2D eigenvalue weighted by atomic mass is 10.1. The molecular formula is C17H22N4O4S. The highest BCUT2D eigenvalue weighted by Gasteiger charge is 2.27. The number of carbonyl (C=O) groups is 1. The summed E-state index contributed by atoms with van der Waals surface area (Å²) >= 11 is 0. The first kappa shape index (κ1) is 18.5. The maximum Gasteiger partial charge on any atom is 0.253 e. The number of benzene rings is 1. The molecule has 1 saturated heterocycles. The van der Waals surface area contributed by atoms with Crippen LogP contribution in [0.1, 0.15) is 42.3 Å². The normalized spacial score (nSPS) is 14.5. The van der Waals surface area contributed by atoms with E-state index in [0.717, 1.165) is 6.42 Å². The first-order valence-corrected chi connectivity index (χ1v) is 10.1. The van der Waals surface area contributed by atoms with Gasteiger partial charge in [-0.25, -0.2) is 8.42 Å². The van der Waals surface area contributed by atoms with E-state index in [1.54, 1.807) is 24.0 Å². The van der Waals surface area contributed by atoms with Crippen LogP contribution in [0.2, 0.25) is 0 Å². The number of aryl methyl sites for hydroxylation is 1. The molecule has 0 atom stereocenters. The number of sulfonamides is 1. The van der Waals surface area contributed by atoms with E-state index in [-0.39, 0.29) is 29.8 Å². The van der Waals surface area contributed by atoms with E-state index < -0.39 is 10.0 Å². The Morgan fingerprint density at radius 2 is 2.08 bits per heavy atom. The van der Waals surface area contributed by atoms with Crippen LogP contribution in [0.15, 0.2) is 33.7 Å². The van der Waals surface area contributed by atoms with Crippen molar-refractivity contribution in [2.24, 2.45) is 0 Å². The van der Waals surface area contributed by atoms with Gasteiger partial charge < -0.3 is 9.42 Å². The van der Waals surface area contributed by atoms with Crippen LogP contribution >= 0.6 is 0 Å². The van der Waals surface area contributed by atoms with Crippen LogP contribution in [0, 0.1) is 0 Å². The quantitative estimate of drug-likeness (QED) is 0.727. The van der Waals surface area contributed by atoms with Crippen molar-refractivity contribution in [3.63, 3.8) is 0 Å². The summed E-state index contributed by atoms with van der Waals surface area (Å²) in [7, 11) is -3.78. The number of likely N-dealkylation sites (tertiary alicyclic amines) is 1. The molecule has 1 amide bonds. The van der Waals surface area contributed by atoms with Gasteiger partial charge in [-0.3, -0.25) is 4.79 Å². The molecule has 0 saturated carbocycles. The highest BCUT2D eigenvalue weighted by Crippen LogP contribution is 2.21. The number of rotatable bonds is 7. The molecule has 9 heteroatoms. The van der Waals surface area contributed by atoms with Gasteiger partial charge in [0.2, 0.25) is 15.9 Å². The molecule has 0 radical (unpaired) electrons. The molecule has 0 aliphatic carbocycles. The Hall–Kier alpha value is -2.26. The number of nitrogens with zero attached hydrogens (tertiary/aromatic N) is 4. The Bertz CT molecular complexity index is 890. The first-order valence-electron chi connectivity index (χ1n) is 8.66. The van der Waals surface area contributed by atoms with Crippen molar-refractivity contribution in [3.8, 4) is 0 Å². The number of hydrogen-bond donors (Lipinski definition) is 0. The first-order chi connectivity index (χ1) is 12.5. The molecule has 0 unspecified atom stereocenters. The second-order valence-corrected chi connectivity index (χ2v) is 8.00. The Labute approximate surface area is 152 Å². The average molecular weight is 378 g/mol. The smallest absolute Gasteiger partial charge is 0.253 e. The monoisotopic (exact) mass is 378 g/mol. The number of carbonyl (C=O) groups excluding carboxylic acids is 1. The van der Waals surface area contributed by atoms with Gasteiger partial charge >= 0.3 is 0 Å². The van der Waals surface area contributed by atoms with Crippen molar-refractivity contribution < 1.29 is 17.7 Å². The van der Waals surface area contributed by atoms with Crippen LogP contribution in [-0.4, -0.2) is 53.3 Å². The molecule has 1 fully saturated rings. The lowest BCUT2D eigenvalue weighted by Crippen LogP contribution is -2.42. The second-order valence-electron chi connectivity index (χ2n) is 6.06. The van der Waals surface area contributed by atoms with E-state index in [9.17, 15) is 13.2 Å². The molecule has 1 aromatic heterocycles. The van der Waals surface area contributed by atoms with Crippen molar-refractivity contribution in [3.05, 3.63) is 41.5 Å². The van der Waals surface area contributed by atoms with Gasteiger partial charge in [0.25, 0.3) is 5.91 Å². The topological polar surface area (TPSA) is 96.6 Å². The summed E-state index contributed by atoms with van der Waals surface area (Å²) in [4.78, 5) is 18.3. The fourth-order valence-electron chi connectivity index (χ4n) is 2.66. The van der Waals surface area contributed by atoms with E-state index in [2.05, 4.69) is 10.1 Å². The lowest BCUT2D eigenvalue weighted by molar-refractivity contribution is 0.0651. The summed E-state index contributed by atoms with van der Waals surface area (Å²) in [6.07, 6.45) is 1.60. The maximum atomic E-state index is 13.0. The fraction of sp³-hybridized carbons (Fsp3) is 0.471. The predicted molar refractivity (Wildman–Crippen MR) is 93.9 cm³/mol. The minimum absolute atomic E-state index is 0.00384. The number of aromatic nitrogens is 2. The maximum absolute atomic E-state index is 13.0. The van der Waals surface area contributed by atoms with E-state index in [0.29, 0.717) is 30.9 Å². The zero-order valence-electron chi connectivity index (χ0n) is 14.9. The van der Waals surface area contributed by atoms with Crippen molar-refractivity contribution in [2.45, 2.75) is 38.1 Å². The molecule has 8 nitrogen and oxygen atoms in total. The van der Waals surface area contributed by atoms with Crippen LogP contribution in [0.3, 0.4) is 0 Å². The van der Waals surface area contributed by atoms with Gasteiger partial charge in [0, 0.05) is 31.6 Å². The molecule has 1 aliphatic heterocycles. The highest BCUT2D eigenvalue weighted by atomic mass is 32.2. The summed E-state index contributed by atoms with van der Waals surface area (Å²) in [6, 6.07) is 6.16. The molecule has 0 N–H and O–H groups in total. The van der Waals surface area contributed by atoms with E-state index in [1.807, 2.05) is 6.92 Å². The molecule has 2 heterocycles. The van der Waals surface area contributed by atoms with Gasteiger partial charge in [-0.05, 0) is 24.6 Å². The van der Waals surface area contributed by atoms with Crippen LogP contribution in [0.25, 0.3) is 0 Å². The summed E-state index contributed by atoms with van der Waals surface area (Å²) < 4.78 is 32.3. The summed E-state index contributed by atoms with van der Waals surface area (Å²) in [5, 5.41) is 3.79. The minimum atomic E-state index is -3.78. The molecular weight excluding hydrogens is 356 g/mol. The van der Waals surface area contributed by atoms with Crippen LogP contribution in [0.5, 0.6) is 0 Å². The zero-order valence-corrected chi connectivity index (χ0v) is 15.7. The molecule has 1 aromatic carbocycles. The van der Waals surface area contributed by atoms with Crippen LogP contribution in [-0.2, 0) is 23.0 Å². The van der Waals surface area contributed by atoms with E-state index >= 15 is 0 Å². The van der Waals surface area contributed by atoms with E-state index in [4.69, 9.17) is 4.52 Å². The van der Waals surface area contributed by atoms with Crippen molar-refractivity contribution in [1.82, 2.24) is 19.3 Å². The van der Waals surface area contributed by atoms with Gasteiger partial charge in [-0.15, -0.1) is 0 Å². The Kier molecular flexibility index (Phi) is 5.38. The minimum Gasteiger partial charge on any atom is -0.339 e. The highest BCUT2D eigenvalue weighted by molar-refractivity contribution is 7.89. The third kappa shape index (κ3) is 3.63. The fourth-order valence-corrected chi connectivity index (χ4v) is 4.10. The third-order valence-corrected chi connectivity index (χ3v) is 6.27. The molecule has 2 aromatic rings. The standard InChI is InChI=1S/C17H22N4O4S/c1-3-15-18-16(25-19-15)12-21(4-2)26(23,24)14-8-5-7-13(11-14)17(22)20-9-6-10-20/h5,7-8,11H,3-4,6,9-10,12H2,1-2H3. The molecule has 1 aliphatic rings. The molecule has 0 bridgehead atoms. The van der Waals surface area contributed by atoms with Gasteiger partial charge in [0.1, 0.15) is 0 Å². The van der Waals surface area contributed by atoms with Gasteiger partial charge in [0.15, 0.2) is 5.82 Å². The van der Waals surface area contributed by atoms with Crippen LogP contribution < -0.4 is 0 Å². The van der Waals surface area contributed by atoms with E-state index in [1.165, 1.54) is 16.4 Å². The van der Waals surface area contributed by atoms with Gasteiger partial charge in [0.05, 0.1) is 11.4 Å². The lowest BCUT2D eigenvalue weighted by Gasteiger charge is -2.31. The SMILES string of the molecule is CCc1noc(CN(CC)S(=O)(=O)c2cccc(C(=O)N3CCC3)c2)n1. The predicted octanol–water partition coefficient (Wildman–Crippen LogP) is 1.69. The summed E-state index contributed by atoms with van der Waals surface area (Å²) in [5.74, 6) is 0.650. The molecule has 0 spiro atoms. The molecule has 26 heavy (non-hydrogen) atoms. The Morgan fingerprint density at radius 1 is 1.31 bits per heavy atom. The average Bonchev–Trinajstić information content (AvgIpc) is 3.06. The summed E-state index contributed by atoms with van der Waals surface area (Å²) in [5.41, 5.74) is 0.382. The van der Waals surface area contributed by atoms with Crippen molar-refractivity contribution in [2.75, 3.05) is 19.6 Å². The number of hydrogen-bond acceptors (Lipinski definition) is 6. The van der Waals surface area contributed by atoms with Crippen molar-refractivity contribution >= 4 is 15.9 Å².